The quantitative estimate of drug-likeness (QED) is 0.855. The molecule has 1 heteroatoms. The molecule has 0 saturated heterocycles. The third-order valence-electron chi connectivity index (χ3n) is 4.66. The summed E-state index contributed by atoms with van der Waals surface area (Å²) in [6.07, 6.45) is 6.68. The normalized spacial score (nSPS) is 23.6. The first-order chi connectivity index (χ1) is 8.61. The smallest absolute Gasteiger partial charge is 0.00745 e. The number of hydrogen-bond acceptors (Lipinski definition) is 1. The van der Waals surface area contributed by atoms with Gasteiger partial charge in [0.2, 0.25) is 0 Å². The van der Waals surface area contributed by atoms with Gasteiger partial charge in [-0.15, -0.1) is 0 Å². The molecule has 2 unspecified atom stereocenters. The fourth-order valence-corrected chi connectivity index (χ4v) is 3.77. The molecule has 0 radical (unpaired) electrons. The fraction of sp³-hybridized carbons (Fsp3) is 0.647. The zero-order chi connectivity index (χ0) is 13.1. The summed E-state index contributed by atoms with van der Waals surface area (Å²) >= 11 is 0. The lowest BCUT2D eigenvalue weighted by molar-refractivity contribution is 0.366. The highest BCUT2D eigenvalue weighted by Gasteiger charge is 2.27. The van der Waals surface area contributed by atoms with Gasteiger partial charge in [-0.2, -0.15) is 0 Å². The molecule has 1 aliphatic rings. The molecule has 1 fully saturated rings. The lowest BCUT2D eigenvalue weighted by Gasteiger charge is -2.21. The number of hydrogen-bond donors (Lipinski definition) is 1. The Hall–Kier alpha value is -0.820. The Kier molecular flexibility index (Phi) is 4.45. The maximum absolute atomic E-state index is 5.74. The summed E-state index contributed by atoms with van der Waals surface area (Å²) in [6, 6.07) is 4.66. The first-order valence-corrected chi connectivity index (χ1v) is 7.38. The molecule has 0 aromatic heterocycles. The minimum atomic E-state index is 0.854. The highest BCUT2D eigenvalue weighted by Crippen LogP contribution is 2.37. The van der Waals surface area contributed by atoms with Crippen molar-refractivity contribution in [3.8, 4) is 0 Å². The van der Waals surface area contributed by atoms with Gasteiger partial charge in [-0.25, -0.2) is 0 Å². The number of aryl methyl sites for hydroxylation is 3. The summed E-state index contributed by atoms with van der Waals surface area (Å²) in [5.74, 6) is 1.74. The summed E-state index contributed by atoms with van der Waals surface area (Å²) in [5, 5.41) is 0. The van der Waals surface area contributed by atoms with E-state index in [1.807, 2.05) is 0 Å². The van der Waals surface area contributed by atoms with Crippen molar-refractivity contribution in [1.82, 2.24) is 0 Å². The maximum atomic E-state index is 5.74. The van der Waals surface area contributed by atoms with Gasteiger partial charge in [0.25, 0.3) is 0 Å². The average molecular weight is 245 g/mol. The molecule has 1 aromatic rings. The van der Waals surface area contributed by atoms with Gasteiger partial charge in [0.05, 0.1) is 0 Å². The van der Waals surface area contributed by atoms with Crippen LogP contribution in [-0.2, 0) is 6.42 Å². The van der Waals surface area contributed by atoms with E-state index in [1.165, 1.54) is 48.8 Å². The van der Waals surface area contributed by atoms with Crippen molar-refractivity contribution in [3.05, 3.63) is 34.4 Å². The van der Waals surface area contributed by atoms with Gasteiger partial charge in [0.1, 0.15) is 0 Å². The summed E-state index contributed by atoms with van der Waals surface area (Å²) in [6.45, 7) is 7.58. The highest BCUT2D eigenvalue weighted by molar-refractivity contribution is 5.37. The van der Waals surface area contributed by atoms with E-state index in [4.69, 9.17) is 5.73 Å². The van der Waals surface area contributed by atoms with Crippen LogP contribution in [0.25, 0.3) is 0 Å². The molecule has 1 aliphatic carbocycles. The van der Waals surface area contributed by atoms with E-state index in [0.29, 0.717) is 0 Å². The number of nitrogens with two attached hydrogens (primary N) is 1. The minimum Gasteiger partial charge on any atom is -0.330 e. The Labute approximate surface area is 112 Å². The molecule has 0 aliphatic heterocycles. The Bertz CT molecular complexity index is 385. The maximum Gasteiger partial charge on any atom is -0.00745 e. The van der Waals surface area contributed by atoms with Crippen molar-refractivity contribution in [2.24, 2.45) is 17.6 Å². The molecule has 1 saturated carbocycles. The van der Waals surface area contributed by atoms with Gasteiger partial charge in [-0.05, 0) is 75.1 Å². The van der Waals surface area contributed by atoms with Crippen LogP contribution >= 0.6 is 0 Å². The third kappa shape index (κ3) is 2.95. The van der Waals surface area contributed by atoms with E-state index in [0.717, 1.165) is 18.4 Å². The Morgan fingerprint density at radius 1 is 1.06 bits per heavy atom. The molecular formula is C17H27N. The lowest BCUT2D eigenvalue weighted by Crippen LogP contribution is -2.16. The SMILES string of the molecule is Cc1cc(C)c(CC2CCCC2CCN)c(C)c1. The molecule has 0 bridgehead atoms. The van der Waals surface area contributed by atoms with Crippen LogP contribution in [0.1, 0.15) is 47.9 Å². The minimum absolute atomic E-state index is 0.854. The molecule has 18 heavy (non-hydrogen) atoms. The van der Waals surface area contributed by atoms with Gasteiger partial charge >= 0.3 is 0 Å². The van der Waals surface area contributed by atoms with E-state index in [2.05, 4.69) is 32.9 Å². The van der Waals surface area contributed by atoms with E-state index >= 15 is 0 Å². The van der Waals surface area contributed by atoms with Crippen LogP contribution in [0.5, 0.6) is 0 Å². The molecule has 2 N–H and O–H groups in total. The molecule has 100 valence electrons. The number of benzene rings is 1. The van der Waals surface area contributed by atoms with Gasteiger partial charge in [-0.3, -0.25) is 0 Å². The van der Waals surface area contributed by atoms with Crippen molar-refractivity contribution in [1.29, 1.82) is 0 Å². The topological polar surface area (TPSA) is 26.0 Å². The highest BCUT2D eigenvalue weighted by atomic mass is 14.5. The predicted octanol–water partition coefficient (Wildman–Crippen LogP) is 3.92. The summed E-state index contributed by atoms with van der Waals surface area (Å²) in [5.41, 5.74) is 11.7. The summed E-state index contributed by atoms with van der Waals surface area (Å²) < 4.78 is 0. The van der Waals surface area contributed by atoms with Crippen LogP contribution in [0.15, 0.2) is 12.1 Å². The second-order valence-corrected chi connectivity index (χ2v) is 6.11. The zero-order valence-corrected chi connectivity index (χ0v) is 12.1. The number of rotatable bonds is 4. The summed E-state index contributed by atoms with van der Waals surface area (Å²) in [4.78, 5) is 0. The van der Waals surface area contributed by atoms with E-state index < -0.39 is 0 Å². The van der Waals surface area contributed by atoms with Crippen molar-refractivity contribution in [2.75, 3.05) is 6.54 Å². The third-order valence-corrected chi connectivity index (χ3v) is 4.66. The molecule has 1 aromatic carbocycles. The van der Waals surface area contributed by atoms with E-state index in [-0.39, 0.29) is 0 Å². The van der Waals surface area contributed by atoms with Crippen LogP contribution in [0.3, 0.4) is 0 Å². The lowest BCUT2D eigenvalue weighted by atomic mass is 9.84. The first kappa shape index (κ1) is 13.6. The van der Waals surface area contributed by atoms with Crippen molar-refractivity contribution in [2.45, 2.75) is 52.9 Å². The molecule has 2 atom stereocenters. The van der Waals surface area contributed by atoms with Gasteiger partial charge in [0.15, 0.2) is 0 Å². The molecule has 0 spiro atoms. The molecular weight excluding hydrogens is 218 g/mol. The Balaban J connectivity index is 2.14. The zero-order valence-electron chi connectivity index (χ0n) is 12.1. The Morgan fingerprint density at radius 3 is 2.28 bits per heavy atom. The second-order valence-electron chi connectivity index (χ2n) is 6.11. The molecule has 0 amide bonds. The van der Waals surface area contributed by atoms with Crippen molar-refractivity contribution >= 4 is 0 Å². The van der Waals surface area contributed by atoms with Crippen LogP contribution in [0.4, 0.5) is 0 Å². The first-order valence-electron chi connectivity index (χ1n) is 7.38. The van der Waals surface area contributed by atoms with Crippen molar-refractivity contribution in [3.63, 3.8) is 0 Å². The largest absolute Gasteiger partial charge is 0.330 e. The second kappa shape index (κ2) is 5.88. The molecule has 2 rings (SSSR count). The molecule has 1 nitrogen and oxygen atoms in total. The van der Waals surface area contributed by atoms with Crippen LogP contribution in [-0.4, -0.2) is 6.54 Å². The standard InChI is InChI=1S/C17H27N/c1-12-9-13(2)17(14(3)10-12)11-16-6-4-5-15(16)7-8-18/h9-10,15-16H,4-8,11,18H2,1-3H3. The monoisotopic (exact) mass is 245 g/mol. The predicted molar refractivity (Wildman–Crippen MR) is 78.9 cm³/mol. The van der Waals surface area contributed by atoms with Crippen molar-refractivity contribution < 1.29 is 0 Å². The van der Waals surface area contributed by atoms with Gasteiger partial charge in [-0.1, -0.05) is 30.5 Å². The van der Waals surface area contributed by atoms with Crippen LogP contribution in [0.2, 0.25) is 0 Å². The molecule has 0 heterocycles. The fourth-order valence-electron chi connectivity index (χ4n) is 3.77. The Morgan fingerprint density at radius 2 is 1.67 bits per heavy atom. The van der Waals surface area contributed by atoms with E-state index in [1.54, 1.807) is 5.56 Å². The van der Waals surface area contributed by atoms with Gasteiger partial charge in [0, 0.05) is 0 Å². The average Bonchev–Trinajstić information content (AvgIpc) is 2.71. The summed E-state index contributed by atoms with van der Waals surface area (Å²) in [7, 11) is 0. The van der Waals surface area contributed by atoms with Gasteiger partial charge < -0.3 is 5.73 Å². The van der Waals surface area contributed by atoms with Crippen LogP contribution in [0, 0.1) is 32.6 Å². The van der Waals surface area contributed by atoms with Crippen LogP contribution < -0.4 is 5.73 Å². The van der Waals surface area contributed by atoms with E-state index in [9.17, 15) is 0 Å².